The Hall–Kier alpha value is -2.88. The molecule has 1 rings (SSSR count). The lowest BCUT2D eigenvalue weighted by Crippen LogP contribution is -2.50. The molecule has 5 atom stereocenters. The standard InChI is InChI=1S/C33H52N2O7S/c1-8-23(6)30(35-31(38)25(14-15-43-7)19-29(37)42-20-22(4)5)28(36)18-26(17-24-12-10-9-11-13-24)32(39)34-27(33(40)41)16-21(2)3/h9-13,21-23,25-27,30H,8,14-20H2,1-7H3,(H,34,39)(H,35,38)(H,40,41). The first-order chi connectivity index (χ1) is 20.3. The number of amides is 2. The summed E-state index contributed by atoms with van der Waals surface area (Å²) in [4.78, 5) is 65.1. The van der Waals surface area contributed by atoms with Gasteiger partial charge in [0.25, 0.3) is 0 Å². The van der Waals surface area contributed by atoms with Crippen LogP contribution in [0.2, 0.25) is 0 Å². The van der Waals surface area contributed by atoms with Crippen LogP contribution < -0.4 is 10.6 Å². The Balaban J connectivity index is 3.20. The van der Waals surface area contributed by atoms with E-state index in [-0.39, 0.29) is 61.7 Å². The summed E-state index contributed by atoms with van der Waals surface area (Å²) in [6, 6.07) is 7.32. The Bertz CT molecular complexity index is 1030. The number of nitrogens with one attached hydrogen (secondary N) is 2. The zero-order chi connectivity index (χ0) is 32.5. The molecule has 0 aliphatic rings. The first-order valence-electron chi connectivity index (χ1n) is 15.3. The van der Waals surface area contributed by atoms with Gasteiger partial charge in [0.2, 0.25) is 11.8 Å². The van der Waals surface area contributed by atoms with Crippen molar-refractivity contribution in [3.05, 3.63) is 35.9 Å². The van der Waals surface area contributed by atoms with Crippen LogP contribution in [0.3, 0.4) is 0 Å². The van der Waals surface area contributed by atoms with Gasteiger partial charge in [-0.2, -0.15) is 11.8 Å². The number of hydrogen-bond donors (Lipinski definition) is 3. The van der Waals surface area contributed by atoms with Gasteiger partial charge in [0.05, 0.1) is 19.1 Å². The summed E-state index contributed by atoms with van der Waals surface area (Å²) in [6.45, 7) is 11.7. The van der Waals surface area contributed by atoms with E-state index in [4.69, 9.17) is 4.74 Å². The van der Waals surface area contributed by atoms with Gasteiger partial charge in [-0.25, -0.2) is 4.79 Å². The van der Waals surface area contributed by atoms with Crippen molar-refractivity contribution >= 4 is 41.3 Å². The summed E-state index contributed by atoms with van der Waals surface area (Å²) >= 11 is 1.57. The summed E-state index contributed by atoms with van der Waals surface area (Å²) < 4.78 is 5.31. The number of esters is 1. The third-order valence-electron chi connectivity index (χ3n) is 7.35. The number of ether oxygens (including phenoxy) is 1. The van der Waals surface area contributed by atoms with Crippen molar-refractivity contribution in [3.8, 4) is 0 Å². The van der Waals surface area contributed by atoms with Crippen molar-refractivity contribution in [3.63, 3.8) is 0 Å². The van der Waals surface area contributed by atoms with Crippen molar-refractivity contribution in [2.75, 3.05) is 18.6 Å². The number of benzene rings is 1. The smallest absolute Gasteiger partial charge is 0.326 e. The second-order valence-electron chi connectivity index (χ2n) is 12.2. The van der Waals surface area contributed by atoms with Gasteiger partial charge in [-0.05, 0) is 54.6 Å². The average molecular weight is 621 g/mol. The summed E-state index contributed by atoms with van der Waals surface area (Å²) in [7, 11) is 0. The number of carboxylic acids is 1. The van der Waals surface area contributed by atoms with Crippen LogP contribution in [0.5, 0.6) is 0 Å². The highest BCUT2D eigenvalue weighted by Crippen LogP contribution is 2.21. The van der Waals surface area contributed by atoms with Gasteiger partial charge in [0.15, 0.2) is 5.78 Å². The molecule has 0 aromatic heterocycles. The third kappa shape index (κ3) is 14.9. The maximum atomic E-state index is 13.8. The fraction of sp³-hybridized carbons (Fsp3) is 0.667. The molecule has 0 heterocycles. The molecule has 43 heavy (non-hydrogen) atoms. The largest absolute Gasteiger partial charge is 0.480 e. The number of ketones is 1. The van der Waals surface area contributed by atoms with Crippen LogP contribution >= 0.6 is 11.8 Å². The lowest BCUT2D eigenvalue weighted by atomic mass is 9.86. The van der Waals surface area contributed by atoms with Gasteiger partial charge in [-0.3, -0.25) is 19.2 Å². The van der Waals surface area contributed by atoms with E-state index in [0.717, 1.165) is 5.56 Å². The highest BCUT2D eigenvalue weighted by atomic mass is 32.2. The lowest BCUT2D eigenvalue weighted by Gasteiger charge is -2.28. The molecule has 0 radical (unpaired) electrons. The average Bonchev–Trinajstić information content (AvgIpc) is 2.95. The van der Waals surface area contributed by atoms with Crippen LogP contribution in [0, 0.1) is 29.6 Å². The monoisotopic (exact) mass is 620 g/mol. The van der Waals surface area contributed by atoms with Crippen molar-refractivity contribution in [1.29, 1.82) is 0 Å². The summed E-state index contributed by atoms with van der Waals surface area (Å²) in [6.07, 6.45) is 3.24. The molecule has 0 fully saturated rings. The van der Waals surface area contributed by atoms with Crippen LogP contribution in [0.4, 0.5) is 0 Å². The molecule has 0 saturated carbocycles. The minimum absolute atomic E-state index is 0.0438. The molecule has 2 amide bonds. The first-order valence-corrected chi connectivity index (χ1v) is 16.7. The Labute approximate surface area is 261 Å². The molecule has 10 heteroatoms. The van der Waals surface area contributed by atoms with Gasteiger partial charge >= 0.3 is 11.9 Å². The maximum absolute atomic E-state index is 13.8. The number of carboxylic acid groups (broad SMARTS) is 1. The summed E-state index contributed by atoms with van der Waals surface area (Å²) in [5.41, 5.74) is 0.840. The number of rotatable bonds is 21. The predicted octanol–water partition coefficient (Wildman–Crippen LogP) is 4.91. The maximum Gasteiger partial charge on any atom is 0.326 e. The molecule has 1 aromatic rings. The van der Waals surface area contributed by atoms with Gasteiger partial charge in [-0.1, -0.05) is 78.3 Å². The quantitative estimate of drug-likeness (QED) is 0.165. The molecule has 5 unspecified atom stereocenters. The molecular weight excluding hydrogens is 568 g/mol. The Morgan fingerprint density at radius 3 is 2.05 bits per heavy atom. The van der Waals surface area contributed by atoms with Gasteiger partial charge in [0.1, 0.15) is 6.04 Å². The number of carbonyl (C=O) groups is 5. The van der Waals surface area contributed by atoms with E-state index >= 15 is 0 Å². The van der Waals surface area contributed by atoms with Crippen molar-refractivity contribution in [1.82, 2.24) is 10.6 Å². The second kappa shape index (κ2) is 20.1. The molecule has 3 N–H and O–H groups in total. The van der Waals surface area contributed by atoms with Crippen LogP contribution in [0.15, 0.2) is 30.3 Å². The summed E-state index contributed by atoms with van der Waals surface area (Å²) in [5.74, 6) is -3.60. The van der Waals surface area contributed by atoms with Crippen LogP contribution in [0.25, 0.3) is 0 Å². The van der Waals surface area contributed by atoms with Gasteiger partial charge in [0, 0.05) is 18.3 Å². The van der Waals surface area contributed by atoms with Gasteiger partial charge < -0.3 is 20.5 Å². The fourth-order valence-electron chi connectivity index (χ4n) is 4.66. The molecular formula is C33H52N2O7S. The normalized spacial score (nSPS) is 14.8. The van der Waals surface area contributed by atoms with Crippen LogP contribution in [-0.2, 0) is 35.1 Å². The number of aliphatic carboxylic acids is 1. The zero-order valence-corrected chi connectivity index (χ0v) is 27.7. The topological polar surface area (TPSA) is 139 Å². The van der Waals surface area contributed by atoms with E-state index in [1.807, 2.05) is 78.1 Å². The van der Waals surface area contributed by atoms with Crippen molar-refractivity contribution in [2.45, 2.75) is 92.2 Å². The molecule has 9 nitrogen and oxygen atoms in total. The highest BCUT2D eigenvalue weighted by Gasteiger charge is 2.34. The first kappa shape index (κ1) is 38.1. The SMILES string of the molecule is CCC(C)C(NC(=O)C(CCSC)CC(=O)OCC(C)C)C(=O)CC(Cc1ccccc1)C(=O)NC(CC(C)C)C(=O)O. The molecule has 0 saturated heterocycles. The Morgan fingerprint density at radius 2 is 1.51 bits per heavy atom. The van der Waals surface area contributed by atoms with E-state index < -0.39 is 41.8 Å². The Kier molecular flexibility index (Phi) is 17.9. The number of thioether (sulfide) groups is 1. The minimum Gasteiger partial charge on any atom is -0.480 e. The van der Waals surface area contributed by atoms with E-state index in [1.54, 1.807) is 11.8 Å². The van der Waals surface area contributed by atoms with Crippen LogP contribution in [-0.4, -0.2) is 65.3 Å². The number of carbonyl (C=O) groups excluding carboxylic acids is 4. The van der Waals surface area contributed by atoms with Crippen LogP contribution in [0.1, 0.15) is 79.2 Å². The highest BCUT2D eigenvalue weighted by molar-refractivity contribution is 7.98. The molecule has 0 aliphatic heterocycles. The van der Waals surface area contributed by atoms with E-state index in [0.29, 0.717) is 18.6 Å². The zero-order valence-electron chi connectivity index (χ0n) is 26.9. The number of Topliss-reactive ketones (excluding diaryl/α,β-unsaturated/α-hetero) is 1. The molecule has 0 spiro atoms. The predicted molar refractivity (Wildman–Crippen MR) is 171 cm³/mol. The second-order valence-corrected chi connectivity index (χ2v) is 13.2. The Morgan fingerprint density at radius 1 is 0.884 bits per heavy atom. The lowest BCUT2D eigenvalue weighted by molar-refractivity contribution is -0.148. The molecule has 0 aliphatic carbocycles. The third-order valence-corrected chi connectivity index (χ3v) is 8.00. The molecule has 1 aromatic carbocycles. The minimum atomic E-state index is -1.13. The molecule has 242 valence electrons. The summed E-state index contributed by atoms with van der Waals surface area (Å²) in [5, 5.41) is 15.2. The molecule has 0 bridgehead atoms. The van der Waals surface area contributed by atoms with Gasteiger partial charge in [-0.15, -0.1) is 0 Å². The van der Waals surface area contributed by atoms with Crippen molar-refractivity contribution in [2.24, 2.45) is 29.6 Å². The van der Waals surface area contributed by atoms with E-state index in [2.05, 4.69) is 10.6 Å². The van der Waals surface area contributed by atoms with Crippen molar-refractivity contribution < 1.29 is 33.8 Å². The van der Waals surface area contributed by atoms with E-state index in [1.165, 1.54) is 0 Å². The fourth-order valence-corrected chi connectivity index (χ4v) is 5.18. The number of hydrogen-bond acceptors (Lipinski definition) is 7. The van der Waals surface area contributed by atoms with E-state index in [9.17, 15) is 29.1 Å².